The maximum atomic E-state index is 11.8. The Bertz CT molecular complexity index is 457. The van der Waals surface area contributed by atoms with Gasteiger partial charge in [0.15, 0.2) is 5.96 Å². The van der Waals surface area contributed by atoms with Crippen molar-refractivity contribution >= 4 is 11.9 Å². The minimum Gasteiger partial charge on any atom is -0.357 e. The molecule has 0 spiro atoms. The van der Waals surface area contributed by atoms with E-state index in [1.54, 1.807) is 0 Å². The van der Waals surface area contributed by atoms with Crippen molar-refractivity contribution in [1.29, 1.82) is 0 Å². The van der Waals surface area contributed by atoms with E-state index in [2.05, 4.69) is 34.8 Å². The zero-order valence-electron chi connectivity index (χ0n) is 13.9. The summed E-state index contributed by atoms with van der Waals surface area (Å²) in [7, 11) is 0. The highest BCUT2D eigenvalue weighted by Crippen LogP contribution is 1.97. The zero-order chi connectivity index (χ0) is 16.2. The number of amides is 1. The standard InChI is InChI=1S/C17H28N4O/c1-4-18-17(19-11-10-14(2)3)21-13-16(22)20-12-15-8-6-5-7-9-15/h5-9,14H,4,10-13H2,1-3H3,(H,20,22)(H2,18,19,21). The number of nitrogens with one attached hydrogen (secondary N) is 3. The van der Waals surface area contributed by atoms with Crippen LogP contribution in [-0.4, -0.2) is 31.5 Å². The molecule has 1 rings (SSSR count). The molecule has 22 heavy (non-hydrogen) atoms. The summed E-state index contributed by atoms with van der Waals surface area (Å²) >= 11 is 0. The van der Waals surface area contributed by atoms with Gasteiger partial charge in [0.2, 0.25) is 5.91 Å². The van der Waals surface area contributed by atoms with Crippen LogP contribution >= 0.6 is 0 Å². The molecule has 5 nitrogen and oxygen atoms in total. The van der Waals surface area contributed by atoms with Crippen molar-refractivity contribution in [3.63, 3.8) is 0 Å². The molecule has 0 bridgehead atoms. The third-order valence-electron chi connectivity index (χ3n) is 3.07. The van der Waals surface area contributed by atoms with Crippen LogP contribution in [0, 0.1) is 5.92 Å². The quantitative estimate of drug-likeness (QED) is 0.508. The minimum atomic E-state index is -0.0788. The highest BCUT2D eigenvalue weighted by atomic mass is 16.1. The Kier molecular flexibility index (Phi) is 8.72. The molecule has 0 unspecified atom stereocenters. The van der Waals surface area contributed by atoms with Crippen LogP contribution in [0.1, 0.15) is 32.8 Å². The van der Waals surface area contributed by atoms with Crippen molar-refractivity contribution < 1.29 is 4.79 Å². The molecule has 0 saturated carbocycles. The van der Waals surface area contributed by atoms with E-state index in [-0.39, 0.29) is 12.5 Å². The number of carbonyl (C=O) groups excluding carboxylic acids is 1. The SMILES string of the molecule is CCNC(=NCC(=O)NCc1ccccc1)NCCC(C)C. The predicted octanol–water partition coefficient (Wildman–Crippen LogP) is 1.90. The highest BCUT2D eigenvalue weighted by Gasteiger charge is 2.02. The molecule has 0 aliphatic rings. The molecule has 0 heterocycles. The Hall–Kier alpha value is -2.04. The first-order valence-corrected chi connectivity index (χ1v) is 7.94. The minimum absolute atomic E-state index is 0.0788. The molecule has 0 aromatic heterocycles. The molecule has 0 saturated heterocycles. The number of aliphatic imine (C=N–C) groups is 1. The van der Waals surface area contributed by atoms with E-state index in [0.29, 0.717) is 18.4 Å². The van der Waals surface area contributed by atoms with E-state index in [1.165, 1.54) is 0 Å². The van der Waals surface area contributed by atoms with Gasteiger partial charge in [-0.1, -0.05) is 44.2 Å². The van der Waals surface area contributed by atoms with Crippen LogP contribution in [0.25, 0.3) is 0 Å². The third kappa shape index (κ3) is 8.29. The lowest BCUT2D eigenvalue weighted by molar-refractivity contribution is -0.119. The summed E-state index contributed by atoms with van der Waals surface area (Å²) in [5, 5.41) is 9.25. The van der Waals surface area contributed by atoms with Gasteiger partial charge in [0, 0.05) is 19.6 Å². The van der Waals surface area contributed by atoms with Crippen molar-refractivity contribution in [2.24, 2.45) is 10.9 Å². The molecule has 1 aromatic rings. The summed E-state index contributed by atoms with van der Waals surface area (Å²) in [6.07, 6.45) is 1.07. The molecular weight excluding hydrogens is 276 g/mol. The van der Waals surface area contributed by atoms with Crippen LogP contribution in [0.4, 0.5) is 0 Å². The van der Waals surface area contributed by atoms with Crippen LogP contribution in [0.2, 0.25) is 0 Å². The monoisotopic (exact) mass is 304 g/mol. The number of hydrogen-bond acceptors (Lipinski definition) is 2. The number of carbonyl (C=O) groups is 1. The van der Waals surface area contributed by atoms with Gasteiger partial charge in [0.1, 0.15) is 6.54 Å². The summed E-state index contributed by atoms with van der Waals surface area (Å²) in [6, 6.07) is 9.85. The normalized spacial score (nSPS) is 11.4. The Balaban J connectivity index is 2.35. The van der Waals surface area contributed by atoms with E-state index in [9.17, 15) is 4.79 Å². The molecule has 1 aromatic carbocycles. The summed E-state index contributed by atoms with van der Waals surface area (Å²) in [5.41, 5.74) is 1.08. The molecule has 0 aliphatic carbocycles. The fourth-order valence-corrected chi connectivity index (χ4v) is 1.82. The smallest absolute Gasteiger partial charge is 0.242 e. The lowest BCUT2D eigenvalue weighted by atomic mass is 10.1. The van der Waals surface area contributed by atoms with Gasteiger partial charge in [0.25, 0.3) is 0 Å². The van der Waals surface area contributed by atoms with E-state index in [4.69, 9.17) is 0 Å². The van der Waals surface area contributed by atoms with Crippen molar-refractivity contribution in [2.45, 2.75) is 33.7 Å². The molecular formula is C17H28N4O. The lowest BCUT2D eigenvalue weighted by Crippen LogP contribution is -2.39. The van der Waals surface area contributed by atoms with E-state index >= 15 is 0 Å². The second-order valence-electron chi connectivity index (χ2n) is 5.57. The third-order valence-corrected chi connectivity index (χ3v) is 3.07. The topological polar surface area (TPSA) is 65.5 Å². The second-order valence-corrected chi connectivity index (χ2v) is 5.57. The average Bonchev–Trinajstić information content (AvgIpc) is 2.51. The Morgan fingerprint density at radius 2 is 1.86 bits per heavy atom. The number of benzene rings is 1. The van der Waals surface area contributed by atoms with Gasteiger partial charge in [-0.3, -0.25) is 4.79 Å². The van der Waals surface area contributed by atoms with Crippen LogP contribution in [0.5, 0.6) is 0 Å². The van der Waals surface area contributed by atoms with Crippen molar-refractivity contribution in [2.75, 3.05) is 19.6 Å². The summed E-state index contributed by atoms with van der Waals surface area (Å²) < 4.78 is 0. The summed E-state index contributed by atoms with van der Waals surface area (Å²) in [4.78, 5) is 16.1. The molecule has 1 amide bonds. The first-order chi connectivity index (χ1) is 10.6. The van der Waals surface area contributed by atoms with Gasteiger partial charge in [-0.25, -0.2) is 4.99 Å². The Labute approximate surface area is 133 Å². The van der Waals surface area contributed by atoms with Crippen molar-refractivity contribution in [3.8, 4) is 0 Å². The second kappa shape index (κ2) is 10.7. The lowest BCUT2D eigenvalue weighted by Gasteiger charge is -2.12. The molecule has 0 fully saturated rings. The van der Waals surface area contributed by atoms with Crippen LogP contribution in [0.3, 0.4) is 0 Å². The van der Waals surface area contributed by atoms with Crippen molar-refractivity contribution in [3.05, 3.63) is 35.9 Å². The van der Waals surface area contributed by atoms with Gasteiger partial charge in [-0.2, -0.15) is 0 Å². The van der Waals surface area contributed by atoms with Crippen LogP contribution in [0.15, 0.2) is 35.3 Å². The highest BCUT2D eigenvalue weighted by molar-refractivity contribution is 5.84. The van der Waals surface area contributed by atoms with Gasteiger partial charge in [-0.15, -0.1) is 0 Å². The first-order valence-electron chi connectivity index (χ1n) is 7.94. The van der Waals surface area contributed by atoms with Crippen LogP contribution < -0.4 is 16.0 Å². The van der Waals surface area contributed by atoms with Crippen LogP contribution in [-0.2, 0) is 11.3 Å². The van der Waals surface area contributed by atoms with Gasteiger partial charge in [-0.05, 0) is 24.8 Å². The number of nitrogens with zero attached hydrogens (tertiary/aromatic N) is 1. The number of guanidine groups is 1. The van der Waals surface area contributed by atoms with E-state index < -0.39 is 0 Å². The van der Waals surface area contributed by atoms with Gasteiger partial charge >= 0.3 is 0 Å². The van der Waals surface area contributed by atoms with Gasteiger partial charge in [0.05, 0.1) is 0 Å². The van der Waals surface area contributed by atoms with Gasteiger partial charge < -0.3 is 16.0 Å². The molecule has 122 valence electrons. The number of rotatable bonds is 8. The average molecular weight is 304 g/mol. The van der Waals surface area contributed by atoms with E-state index in [1.807, 2.05) is 37.3 Å². The molecule has 0 atom stereocenters. The maximum absolute atomic E-state index is 11.8. The van der Waals surface area contributed by atoms with Crippen molar-refractivity contribution in [1.82, 2.24) is 16.0 Å². The first kappa shape index (κ1) is 18.0. The maximum Gasteiger partial charge on any atom is 0.242 e. The fourth-order valence-electron chi connectivity index (χ4n) is 1.82. The largest absolute Gasteiger partial charge is 0.357 e. The molecule has 3 N–H and O–H groups in total. The summed E-state index contributed by atoms with van der Waals surface area (Å²) in [6.45, 7) is 8.67. The predicted molar refractivity (Wildman–Crippen MR) is 91.7 cm³/mol. The Morgan fingerprint density at radius 1 is 1.14 bits per heavy atom. The molecule has 0 radical (unpaired) electrons. The van der Waals surface area contributed by atoms with E-state index in [0.717, 1.165) is 25.1 Å². The zero-order valence-corrected chi connectivity index (χ0v) is 13.9. The molecule has 5 heteroatoms. The fraction of sp³-hybridized carbons (Fsp3) is 0.529. The Morgan fingerprint density at radius 3 is 2.50 bits per heavy atom. The summed E-state index contributed by atoms with van der Waals surface area (Å²) in [5.74, 6) is 1.26. The molecule has 0 aliphatic heterocycles. The number of hydrogen-bond donors (Lipinski definition) is 3.